The maximum atomic E-state index is 9.70. The van der Waals surface area contributed by atoms with Gasteiger partial charge < -0.3 is 24.3 Å². The predicted octanol–water partition coefficient (Wildman–Crippen LogP) is 3.02. The van der Waals surface area contributed by atoms with Gasteiger partial charge in [0.1, 0.15) is 5.76 Å². The minimum atomic E-state index is -0.245. The molecule has 1 aliphatic rings. The number of rotatable bonds is 6. The smallest absolute Gasteiger partial charge is 0.176 e. The number of para-hydroxylation sites is 1. The van der Waals surface area contributed by atoms with Crippen LogP contribution in [0, 0.1) is 0 Å². The Morgan fingerprint density at radius 3 is 3.09 bits per heavy atom. The van der Waals surface area contributed by atoms with E-state index < -0.39 is 0 Å². The van der Waals surface area contributed by atoms with E-state index in [0.29, 0.717) is 26.2 Å². The standard InChI is InChI=1S/C18H25NO4/c1-3-21-16-6-4-5-13-9-17(23-18(13)16)12(2)19-11-15-10-14(20)7-8-22-15/h4-6,9,12,14-15,19-20H,3,7-8,10-11H2,1-2H3. The maximum Gasteiger partial charge on any atom is 0.176 e. The van der Waals surface area contributed by atoms with Crippen LogP contribution in [0.4, 0.5) is 0 Å². The lowest BCUT2D eigenvalue weighted by Gasteiger charge is -2.27. The second kappa shape index (κ2) is 7.34. The van der Waals surface area contributed by atoms with E-state index in [1.165, 1.54) is 0 Å². The van der Waals surface area contributed by atoms with Crippen LogP contribution >= 0.6 is 0 Å². The third kappa shape index (κ3) is 3.86. The van der Waals surface area contributed by atoms with Gasteiger partial charge in [-0.1, -0.05) is 12.1 Å². The number of aliphatic hydroxyl groups is 1. The molecule has 1 saturated heterocycles. The summed E-state index contributed by atoms with van der Waals surface area (Å²) in [6, 6.07) is 8.04. The molecule has 1 aromatic carbocycles. The normalized spacial score (nSPS) is 23.1. The first-order valence-corrected chi connectivity index (χ1v) is 8.35. The molecule has 3 unspecified atom stereocenters. The highest BCUT2D eigenvalue weighted by atomic mass is 16.5. The molecule has 0 radical (unpaired) electrons. The van der Waals surface area contributed by atoms with E-state index in [4.69, 9.17) is 13.9 Å². The highest BCUT2D eigenvalue weighted by Gasteiger charge is 2.22. The van der Waals surface area contributed by atoms with Crippen molar-refractivity contribution in [3.63, 3.8) is 0 Å². The topological polar surface area (TPSA) is 63.9 Å². The Morgan fingerprint density at radius 1 is 1.43 bits per heavy atom. The molecule has 2 N–H and O–H groups in total. The summed E-state index contributed by atoms with van der Waals surface area (Å²) in [5.74, 6) is 1.66. The van der Waals surface area contributed by atoms with Crippen LogP contribution in [0.1, 0.15) is 38.5 Å². The lowest BCUT2D eigenvalue weighted by atomic mass is 10.1. The van der Waals surface area contributed by atoms with Crippen molar-refractivity contribution in [2.24, 2.45) is 0 Å². The zero-order valence-electron chi connectivity index (χ0n) is 13.7. The van der Waals surface area contributed by atoms with Gasteiger partial charge in [0.05, 0.1) is 24.9 Å². The lowest BCUT2D eigenvalue weighted by Crippen LogP contribution is -2.37. The summed E-state index contributed by atoms with van der Waals surface area (Å²) in [6.45, 7) is 5.98. The zero-order valence-corrected chi connectivity index (χ0v) is 13.7. The van der Waals surface area contributed by atoms with E-state index in [-0.39, 0.29) is 18.2 Å². The molecular weight excluding hydrogens is 294 g/mol. The molecule has 1 fully saturated rings. The summed E-state index contributed by atoms with van der Waals surface area (Å²) in [7, 11) is 0. The van der Waals surface area contributed by atoms with Gasteiger partial charge in [0.25, 0.3) is 0 Å². The van der Waals surface area contributed by atoms with Crippen LogP contribution in [0.2, 0.25) is 0 Å². The zero-order chi connectivity index (χ0) is 16.2. The molecule has 2 heterocycles. The van der Waals surface area contributed by atoms with Crippen LogP contribution < -0.4 is 10.1 Å². The molecule has 126 valence electrons. The number of hydrogen-bond acceptors (Lipinski definition) is 5. The number of furan rings is 1. The summed E-state index contributed by atoms with van der Waals surface area (Å²) in [5.41, 5.74) is 0.794. The molecule has 3 rings (SSSR count). The monoisotopic (exact) mass is 319 g/mol. The molecule has 0 aliphatic carbocycles. The van der Waals surface area contributed by atoms with Gasteiger partial charge in [-0.25, -0.2) is 0 Å². The van der Waals surface area contributed by atoms with Crippen molar-refractivity contribution in [1.82, 2.24) is 5.32 Å². The van der Waals surface area contributed by atoms with Crippen molar-refractivity contribution >= 4 is 11.0 Å². The Labute approximate surface area is 136 Å². The number of aliphatic hydroxyl groups excluding tert-OH is 1. The van der Waals surface area contributed by atoms with Crippen molar-refractivity contribution in [3.8, 4) is 5.75 Å². The van der Waals surface area contributed by atoms with Crippen molar-refractivity contribution in [1.29, 1.82) is 0 Å². The summed E-state index contributed by atoms with van der Waals surface area (Å²) >= 11 is 0. The molecule has 23 heavy (non-hydrogen) atoms. The number of ether oxygens (including phenoxy) is 2. The van der Waals surface area contributed by atoms with E-state index in [9.17, 15) is 5.11 Å². The minimum absolute atomic E-state index is 0.0598. The third-order valence-electron chi connectivity index (χ3n) is 4.24. The van der Waals surface area contributed by atoms with Gasteiger partial charge in [0.2, 0.25) is 0 Å². The van der Waals surface area contributed by atoms with Gasteiger partial charge in [-0.3, -0.25) is 0 Å². The first-order valence-electron chi connectivity index (χ1n) is 8.35. The number of fused-ring (bicyclic) bond motifs is 1. The van der Waals surface area contributed by atoms with Crippen LogP contribution in [0.15, 0.2) is 28.7 Å². The fourth-order valence-corrected chi connectivity index (χ4v) is 2.95. The molecule has 0 bridgehead atoms. The van der Waals surface area contributed by atoms with Crippen molar-refractivity contribution in [3.05, 3.63) is 30.0 Å². The summed E-state index contributed by atoms with van der Waals surface area (Å²) in [4.78, 5) is 0. The second-order valence-electron chi connectivity index (χ2n) is 6.06. The Bertz CT molecular complexity index is 639. The van der Waals surface area contributed by atoms with E-state index in [2.05, 4.69) is 12.2 Å². The lowest BCUT2D eigenvalue weighted by molar-refractivity contribution is -0.0427. The van der Waals surface area contributed by atoms with Crippen molar-refractivity contribution in [2.75, 3.05) is 19.8 Å². The van der Waals surface area contributed by atoms with Crippen LogP contribution in [0.25, 0.3) is 11.0 Å². The summed E-state index contributed by atoms with van der Waals surface area (Å²) in [5, 5.41) is 14.2. The van der Waals surface area contributed by atoms with Crippen molar-refractivity contribution in [2.45, 2.75) is 44.9 Å². The molecule has 5 heteroatoms. The van der Waals surface area contributed by atoms with Gasteiger partial charge in [-0.2, -0.15) is 0 Å². The van der Waals surface area contributed by atoms with Gasteiger partial charge in [-0.05, 0) is 32.4 Å². The molecule has 5 nitrogen and oxygen atoms in total. The Hall–Kier alpha value is -1.56. The molecule has 1 aliphatic heterocycles. The number of nitrogens with one attached hydrogen (secondary N) is 1. The quantitative estimate of drug-likeness (QED) is 0.857. The van der Waals surface area contributed by atoms with Crippen molar-refractivity contribution < 1.29 is 19.0 Å². The van der Waals surface area contributed by atoms with Crippen LogP contribution in [-0.4, -0.2) is 37.1 Å². The second-order valence-corrected chi connectivity index (χ2v) is 6.06. The fourth-order valence-electron chi connectivity index (χ4n) is 2.95. The molecule has 0 amide bonds. The fraction of sp³-hybridized carbons (Fsp3) is 0.556. The molecule has 0 spiro atoms. The van der Waals surface area contributed by atoms with Crippen LogP contribution in [-0.2, 0) is 4.74 Å². The van der Waals surface area contributed by atoms with Crippen LogP contribution in [0.5, 0.6) is 5.75 Å². The van der Waals surface area contributed by atoms with E-state index in [1.807, 2.05) is 31.2 Å². The average Bonchev–Trinajstić information content (AvgIpc) is 2.98. The third-order valence-corrected chi connectivity index (χ3v) is 4.24. The van der Waals surface area contributed by atoms with Gasteiger partial charge in [-0.15, -0.1) is 0 Å². The minimum Gasteiger partial charge on any atom is -0.490 e. The highest BCUT2D eigenvalue weighted by molar-refractivity contribution is 5.83. The Kier molecular flexibility index (Phi) is 5.20. The van der Waals surface area contributed by atoms with Gasteiger partial charge in [0.15, 0.2) is 11.3 Å². The first kappa shape index (κ1) is 16.3. The average molecular weight is 319 g/mol. The van der Waals surface area contributed by atoms with E-state index in [1.54, 1.807) is 0 Å². The largest absolute Gasteiger partial charge is 0.490 e. The molecule has 1 aromatic heterocycles. The molecule has 3 atom stereocenters. The van der Waals surface area contributed by atoms with Gasteiger partial charge >= 0.3 is 0 Å². The summed E-state index contributed by atoms with van der Waals surface area (Å²) in [6.07, 6.45) is 1.24. The molecular formula is C18H25NO4. The Balaban J connectivity index is 1.66. The molecule has 2 aromatic rings. The molecule has 0 saturated carbocycles. The predicted molar refractivity (Wildman–Crippen MR) is 88.8 cm³/mol. The highest BCUT2D eigenvalue weighted by Crippen LogP contribution is 2.31. The van der Waals surface area contributed by atoms with E-state index in [0.717, 1.165) is 28.9 Å². The summed E-state index contributed by atoms with van der Waals surface area (Å²) < 4.78 is 17.3. The number of hydrogen-bond donors (Lipinski definition) is 2. The van der Waals surface area contributed by atoms with Gasteiger partial charge in [0, 0.05) is 25.0 Å². The van der Waals surface area contributed by atoms with E-state index >= 15 is 0 Å². The maximum absolute atomic E-state index is 9.70. The van der Waals surface area contributed by atoms with Crippen LogP contribution in [0.3, 0.4) is 0 Å². The number of benzene rings is 1. The Morgan fingerprint density at radius 2 is 2.30 bits per heavy atom. The first-order chi connectivity index (χ1) is 11.2. The SMILES string of the molecule is CCOc1cccc2cc(C(C)NCC3CC(O)CCO3)oc12.